The van der Waals surface area contributed by atoms with Crippen LogP contribution in [0.5, 0.6) is 0 Å². The number of carbonyl (C=O) groups excluding carboxylic acids is 2. The predicted octanol–water partition coefficient (Wildman–Crippen LogP) is 2.52. The highest BCUT2D eigenvalue weighted by atomic mass is 35.5. The first-order valence-electron chi connectivity index (χ1n) is 9.74. The van der Waals surface area contributed by atoms with E-state index in [9.17, 15) is 9.59 Å². The molecular weight excluding hydrogens is 382 g/mol. The first-order chi connectivity index (χ1) is 13.5. The van der Waals surface area contributed by atoms with Gasteiger partial charge >= 0.3 is 5.97 Å². The van der Waals surface area contributed by atoms with Crippen molar-refractivity contribution in [3.8, 4) is 0 Å². The molecule has 0 aromatic carbocycles. The molecular formula is C19H24ClN5O3. The number of nitrogens with zero attached hydrogens (tertiary/aromatic N) is 3. The Morgan fingerprint density at radius 2 is 1.96 bits per heavy atom. The Kier molecular flexibility index (Phi) is 5.14. The van der Waals surface area contributed by atoms with Crippen molar-refractivity contribution < 1.29 is 14.3 Å². The van der Waals surface area contributed by atoms with Crippen molar-refractivity contribution in [2.75, 3.05) is 19.0 Å². The molecule has 3 aliphatic carbocycles. The van der Waals surface area contributed by atoms with Crippen LogP contribution < -0.4 is 10.6 Å². The Hall–Kier alpha value is -2.35. The number of hydrogen-bond donors (Lipinski definition) is 2. The molecule has 3 fully saturated rings. The number of anilines is 1. The minimum atomic E-state index is -0.262. The zero-order chi connectivity index (χ0) is 19.8. The van der Waals surface area contributed by atoms with Crippen LogP contribution >= 0.6 is 11.6 Å². The molecule has 0 spiro atoms. The average molecular weight is 406 g/mol. The molecule has 2 heterocycles. The van der Waals surface area contributed by atoms with Gasteiger partial charge in [0.05, 0.1) is 12.5 Å². The largest absolute Gasteiger partial charge is 0.466 e. The topological polar surface area (TPSA) is 97.6 Å². The Morgan fingerprint density at radius 3 is 2.64 bits per heavy atom. The quantitative estimate of drug-likeness (QED) is 0.742. The monoisotopic (exact) mass is 405 g/mol. The minimum absolute atomic E-state index is 0.0324. The number of ether oxygens (including phenoxy) is 1. The van der Waals surface area contributed by atoms with E-state index in [1.165, 1.54) is 4.52 Å². The molecule has 9 heteroatoms. The molecule has 0 aliphatic heterocycles. The van der Waals surface area contributed by atoms with E-state index in [1.807, 2.05) is 6.92 Å². The van der Waals surface area contributed by atoms with Gasteiger partial charge in [-0.1, -0.05) is 0 Å². The zero-order valence-corrected chi connectivity index (χ0v) is 16.7. The number of carbonyl (C=O) groups is 2. The smallest absolute Gasteiger partial charge is 0.311 e. The highest BCUT2D eigenvalue weighted by Gasteiger charge is 2.48. The van der Waals surface area contributed by atoms with E-state index >= 15 is 0 Å². The SMILES string of the molecule is CCOC(=O)[C@H]1C2CCC(CC2)[C@@H]1Nc1nc(Cl)nn2c(C(=O)NC)ccc12. The molecule has 0 unspecified atom stereocenters. The molecule has 2 aromatic rings. The van der Waals surface area contributed by atoms with Crippen LogP contribution in [0.1, 0.15) is 43.1 Å². The second-order valence-electron chi connectivity index (χ2n) is 7.45. The number of aromatic nitrogens is 3. The number of hydrogen-bond acceptors (Lipinski definition) is 6. The summed E-state index contributed by atoms with van der Waals surface area (Å²) in [4.78, 5) is 29.1. The maximum absolute atomic E-state index is 12.7. The third kappa shape index (κ3) is 3.19. The lowest BCUT2D eigenvalue weighted by Crippen LogP contribution is -2.52. The van der Waals surface area contributed by atoms with E-state index in [1.54, 1.807) is 19.2 Å². The summed E-state index contributed by atoms with van der Waals surface area (Å²) in [7, 11) is 1.56. The lowest BCUT2D eigenvalue weighted by Gasteiger charge is -2.47. The summed E-state index contributed by atoms with van der Waals surface area (Å²) in [5.74, 6) is 0.620. The summed E-state index contributed by atoms with van der Waals surface area (Å²) in [5, 5.41) is 10.3. The van der Waals surface area contributed by atoms with Crippen LogP contribution in [0.3, 0.4) is 0 Å². The van der Waals surface area contributed by atoms with Gasteiger partial charge in [0, 0.05) is 13.1 Å². The van der Waals surface area contributed by atoms with Gasteiger partial charge < -0.3 is 15.4 Å². The molecule has 3 saturated carbocycles. The van der Waals surface area contributed by atoms with Crippen molar-refractivity contribution in [3.63, 3.8) is 0 Å². The van der Waals surface area contributed by atoms with Gasteiger partial charge in [0.1, 0.15) is 11.2 Å². The van der Waals surface area contributed by atoms with Gasteiger partial charge in [0.25, 0.3) is 5.91 Å². The van der Waals surface area contributed by atoms with Crippen molar-refractivity contribution >= 4 is 34.8 Å². The van der Waals surface area contributed by atoms with Crippen LogP contribution in [0, 0.1) is 17.8 Å². The number of nitrogens with one attached hydrogen (secondary N) is 2. The first kappa shape index (κ1) is 19.0. The molecule has 2 aromatic heterocycles. The van der Waals surface area contributed by atoms with E-state index < -0.39 is 0 Å². The summed E-state index contributed by atoms with van der Waals surface area (Å²) in [6.45, 7) is 2.20. The van der Waals surface area contributed by atoms with Gasteiger partial charge in [-0.15, -0.1) is 5.10 Å². The van der Waals surface area contributed by atoms with Crippen LogP contribution in [-0.4, -0.2) is 46.2 Å². The van der Waals surface area contributed by atoms with Gasteiger partial charge in [0.15, 0.2) is 5.82 Å². The molecule has 0 saturated heterocycles. The highest BCUT2D eigenvalue weighted by Crippen LogP contribution is 2.47. The maximum atomic E-state index is 12.7. The van der Waals surface area contributed by atoms with Crippen molar-refractivity contribution in [1.29, 1.82) is 0 Å². The van der Waals surface area contributed by atoms with Crippen molar-refractivity contribution in [1.82, 2.24) is 19.9 Å². The second-order valence-corrected chi connectivity index (χ2v) is 7.79. The summed E-state index contributed by atoms with van der Waals surface area (Å²) in [5.41, 5.74) is 1.02. The van der Waals surface area contributed by atoms with Crippen molar-refractivity contribution in [2.24, 2.45) is 17.8 Å². The Labute approximate surface area is 168 Å². The van der Waals surface area contributed by atoms with Crippen molar-refractivity contribution in [2.45, 2.75) is 38.6 Å². The summed E-state index contributed by atoms with van der Waals surface area (Å²) < 4.78 is 6.85. The minimum Gasteiger partial charge on any atom is -0.466 e. The molecule has 8 nitrogen and oxygen atoms in total. The van der Waals surface area contributed by atoms with Crippen LogP contribution in [0.25, 0.3) is 5.52 Å². The fourth-order valence-electron chi connectivity index (χ4n) is 4.77. The first-order valence-corrected chi connectivity index (χ1v) is 10.1. The van der Waals surface area contributed by atoms with Crippen LogP contribution in [-0.2, 0) is 9.53 Å². The third-order valence-electron chi connectivity index (χ3n) is 6.03. The summed E-state index contributed by atoms with van der Waals surface area (Å²) >= 11 is 6.14. The van der Waals surface area contributed by atoms with E-state index in [-0.39, 0.29) is 29.1 Å². The molecule has 3 aliphatic rings. The normalized spacial score (nSPS) is 26.2. The Morgan fingerprint density at radius 1 is 1.25 bits per heavy atom. The predicted molar refractivity (Wildman–Crippen MR) is 104 cm³/mol. The molecule has 150 valence electrons. The van der Waals surface area contributed by atoms with Crippen LogP contribution in [0.15, 0.2) is 12.1 Å². The van der Waals surface area contributed by atoms with Crippen molar-refractivity contribution in [3.05, 3.63) is 23.1 Å². The Bertz CT molecular complexity index is 906. The van der Waals surface area contributed by atoms with Crippen LogP contribution in [0.4, 0.5) is 5.82 Å². The number of amides is 1. The van der Waals surface area contributed by atoms with Gasteiger partial charge in [-0.3, -0.25) is 9.59 Å². The van der Waals surface area contributed by atoms with Gasteiger partial charge in [0.2, 0.25) is 5.28 Å². The van der Waals surface area contributed by atoms with E-state index in [2.05, 4.69) is 20.7 Å². The fraction of sp³-hybridized carbons (Fsp3) is 0.579. The maximum Gasteiger partial charge on any atom is 0.311 e. The molecule has 2 bridgehead atoms. The average Bonchev–Trinajstić information content (AvgIpc) is 3.12. The molecule has 5 rings (SSSR count). The fourth-order valence-corrected chi connectivity index (χ4v) is 4.93. The number of rotatable bonds is 5. The lowest BCUT2D eigenvalue weighted by molar-refractivity contribution is -0.154. The van der Waals surface area contributed by atoms with Gasteiger partial charge in [-0.2, -0.15) is 4.98 Å². The van der Waals surface area contributed by atoms with Gasteiger partial charge in [-0.25, -0.2) is 4.52 Å². The zero-order valence-electron chi connectivity index (χ0n) is 15.9. The van der Waals surface area contributed by atoms with E-state index in [4.69, 9.17) is 16.3 Å². The second kappa shape index (κ2) is 7.58. The number of halogens is 1. The third-order valence-corrected chi connectivity index (χ3v) is 6.19. The molecule has 2 atom stereocenters. The summed E-state index contributed by atoms with van der Waals surface area (Å²) in [6.07, 6.45) is 4.27. The molecule has 1 amide bonds. The van der Waals surface area contributed by atoms with E-state index in [0.717, 1.165) is 25.7 Å². The standard InChI is InChI=1S/C19H24ClN5O3/c1-3-28-18(27)14-10-4-6-11(7-5-10)15(14)22-16-12-8-9-13(17(26)21-2)25(12)24-19(20)23-16/h8-11,14-15H,3-7H2,1-2H3,(H,21,26)(H,22,23,24)/t10?,11?,14-,15-/m0/s1. The molecule has 28 heavy (non-hydrogen) atoms. The number of esters is 1. The Balaban J connectivity index is 1.71. The number of fused-ring (bicyclic) bond motifs is 4. The van der Waals surface area contributed by atoms with Gasteiger partial charge in [-0.05, 0) is 68.2 Å². The molecule has 2 N–H and O–H groups in total. The lowest BCUT2D eigenvalue weighted by atomic mass is 9.61. The van der Waals surface area contributed by atoms with Crippen LogP contribution in [0.2, 0.25) is 5.28 Å². The highest BCUT2D eigenvalue weighted by molar-refractivity contribution is 6.28. The summed E-state index contributed by atoms with van der Waals surface area (Å²) in [6, 6.07) is 3.39. The molecule has 0 radical (unpaired) electrons. The van der Waals surface area contributed by atoms with E-state index in [0.29, 0.717) is 35.5 Å².